The van der Waals surface area contributed by atoms with Crippen molar-refractivity contribution in [2.75, 3.05) is 12.3 Å². The number of fused-ring (bicyclic) bond motifs is 1. The quantitative estimate of drug-likeness (QED) is 0.806. The van der Waals surface area contributed by atoms with E-state index in [4.69, 9.17) is 0 Å². The molecule has 0 bridgehead atoms. The van der Waals surface area contributed by atoms with E-state index < -0.39 is 0 Å². The zero-order chi connectivity index (χ0) is 17.6. The van der Waals surface area contributed by atoms with Crippen molar-refractivity contribution >= 4 is 33.6 Å². The summed E-state index contributed by atoms with van der Waals surface area (Å²) >= 11 is 1.52. The summed E-state index contributed by atoms with van der Waals surface area (Å²) in [6, 6.07) is 7.14. The molecule has 2 heterocycles. The van der Waals surface area contributed by atoms with Crippen molar-refractivity contribution in [3.63, 3.8) is 0 Å². The fraction of sp³-hybridized carbons (Fsp3) is 0.444. The maximum Gasteiger partial charge on any atom is 0.278 e. The van der Waals surface area contributed by atoms with Gasteiger partial charge in [-0.3, -0.25) is 19.9 Å². The van der Waals surface area contributed by atoms with E-state index >= 15 is 0 Å². The van der Waals surface area contributed by atoms with Crippen LogP contribution in [0.2, 0.25) is 0 Å². The third kappa shape index (κ3) is 4.10. The molecule has 1 aliphatic rings. The Labute approximate surface area is 150 Å². The van der Waals surface area contributed by atoms with Gasteiger partial charge in [0, 0.05) is 17.7 Å². The van der Waals surface area contributed by atoms with Gasteiger partial charge in [0.1, 0.15) is 0 Å². The fourth-order valence-electron chi connectivity index (χ4n) is 2.81. The molecule has 3 rings (SSSR count). The number of thioether (sulfide) groups is 1. The zero-order valence-corrected chi connectivity index (χ0v) is 15.1. The SMILES string of the molecule is CCCCCCn1nc(C(=O)NC2=NCCS2)c2ccccc2c1=O. The summed E-state index contributed by atoms with van der Waals surface area (Å²) < 4.78 is 1.43. The van der Waals surface area contributed by atoms with Crippen LogP contribution in [0.25, 0.3) is 10.8 Å². The van der Waals surface area contributed by atoms with E-state index in [9.17, 15) is 9.59 Å². The molecule has 0 radical (unpaired) electrons. The molecule has 1 aromatic heterocycles. The lowest BCUT2D eigenvalue weighted by atomic mass is 10.1. The van der Waals surface area contributed by atoms with E-state index in [-0.39, 0.29) is 17.2 Å². The van der Waals surface area contributed by atoms with E-state index in [0.717, 1.165) is 31.4 Å². The Balaban J connectivity index is 1.93. The average molecular weight is 358 g/mol. The molecule has 1 aliphatic heterocycles. The van der Waals surface area contributed by atoms with E-state index in [1.165, 1.54) is 16.4 Å². The van der Waals surface area contributed by atoms with Gasteiger partial charge in [-0.2, -0.15) is 5.10 Å². The summed E-state index contributed by atoms with van der Waals surface area (Å²) in [4.78, 5) is 29.6. The first kappa shape index (κ1) is 17.7. The van der Waals surface area contributed by atoms with Crippen LogP contribution in [0.1, 0.15) is 43.1 Å². The molecule has 0 saturated carbocycles. The fourth-order valence-corrected chi connectivity index (χ4v) is 3.53. The van der Waals surface area contributed by atoms with Crippen LogP contribution in [0, 0.1) is 0 Å². The molecule has 6 nitrogen and oxygen atoms in total. The number of benzene rings is 1. The highest BCUT2D eigenvalue weighted by atomic mass is 32.2. The van der Waals surface area contributed by atoms with Gasteiger partial charge in [-0.25, -0.2) is 4.68 Å². The number of unbranched alkanes of at least 4 members (excludes halogenated alkanes) is 3. The van der Waals surface area contributed by atoms with Crippen LogP contribution in [-0.4, -0.2) is 33.2 Å². The number of nitrogens with one attached hydrogen (secondary N) is 1. The molecule has 0 unspecified atom stereocenters. The van der Waals surface area contributed by atoms with Crippen molar-refractivity contribution in [1.29, 1.82) is 0 Å². The van der Waals surface area contributed by atoms with Crippen LogP contribution in [0.5, 0.6) is 0 Å². The van der Waals surface area contributed by atoms with Gasteiger partial charge in [-0.1, -0.05) is 56.1 Å². The van der Waals surface area contributed by atoms with E-state index in [2.05, 4.69) is 22.3 Å². The number of carbonyl (C=O) groups is 1. The summed E-state index contributed by atoms with van der Waals surface area (Å²) in [6.07, 6.45) is 4.19. The second kappa shape index (κ2) is 8.29. The van der Waals surface area contributed by atoms with Crippen LogP contribution in [0.15, 0.2) is 34.1 Å². The number of aliphatic imine (C=N–C) groups is 1. The maximum atomic E-state index is 12.7. The first-order valence-corrected chi connectivity index (χ1v) is 9.67. The van der Waals surface area contributed by atoms with Crippen LogP contribution in [0.4, 0.5) is 0 Å². The first-order valence-electron chi connectivity index (χ1n) is 8.69. The van der Waals surface area contributed by atoms with Gasteiger partial charge in [0.15, 0.2) is 10.9 Å². The molecule has 25 heavy (non-hydrogen) atoms. The number of hydrogen-bond donors (Lipinski definition) is 1. The Morgan fingerprint density at radius 3 is 2.76 bits per heavy atom. The summed E-state index contributed by atoms with van der Waals surface area (Å²) in [6.45, 7) is 3.39. The predicted molar refractivity (Wildman–Crippen MR) is 102 cm³/mol. The highest BCUT2D eigenvalue weighted by Gasteiger charge is 2.19. The topological polar surface area (TPSA) is 76.3 Å². The maximum absolute atomic E-state index is 12.7. The number of carbonyl (C=O) groups excluding carboxylic acids is 1. The molecular weight excluding hydrogens is 336 g/mol. The number of hydrogen-bond acceptors (Lipinski definition) is 5. The van der Waals surface area contributed by atoms with Crippen molar-refractivity contribution in [1.82, 2.24) is 15.1 Å². The molecule has 1 amide bonds. The van der Waals surface area contributed by atoms with E-state index in [1.54, 1.807) is 12.1 Å². The Bertz CT molecular complexity index is 860. The minimum absolute atomic E-state index is 0.142. The Morgan fingerprint density at radius 1 is 1.24 bits per heavy atom. The molecule has 0 spiro atoms. The van der Waals surface area contributed by atoms with Crippen molar-refractivity contribution in [3.8, 4) is 0 Å². The molecule has 0 saturated heterocycles. The van der Waals surface area contributed by atoms with Crippen LogP contribution in [0.3, 0.4) is 0 Å². The number of rotatable bonds is 6. The largest absolute Gasteiger partial charge is 0.300 e. The number of aromatic nitrogens is 2. The van der Waals surface area contributed by atoms with Crippen LogP contribution >= 0.6 is 11.8 Å². The monoisotopic (exact) mass is 358 g/mol. The third-order valence-electron chi connectivity index (χ3n) is 4.11. The molecule has 1 aromatic carbocycles. The Morgan fingerprint density at radius 2 is 2.04 bits per heavy atom. The van der Waals surface area contributed by atoms with E-state index in [1.807, 2.05) is 12.1 Å². The minimum Gasteiger partial charge on any atom is -0.300 e. The molecule has 2 aromatic rings. The smallest absolute Gasteiger partial charge is 0.278 e. The summed E-state index contributed by atoms with van der Waals surface area (Å²) in [5.41, 5.74) is 0.136. The molecule has 132 valence electrons. The summed E-state index contributed by atoms with van der Waals surface area (Å²) in [5.74, 6) is 0.562. The van der Waals surface area contributed by atoms with Crippen LogP contribution in [-0.2, 0) is 6.54 Å². The Hall–Kier alpha value is -2.15. The second-order valence-electron chi connectivity index (χ2n) is 5.97. The molecule has 0 atom stereocenters. The minimum atomic E-state index is -0.313. The number of nitrogens with zero attached hydrogens (tertiary/aromatic N) is 3. The molecule has 7 heteroatoms. The van der Waals surface area contributed by atoms with Gasteiger partial charge in [-0.05, 0) is 12.5 Å². The van der Waals surface area contributed by atoms with Crippen LogP contribution < -0.4 is 10.9 Å². The van der Waals surface area contributed by atoms with Crippen molar-refractivity contribution < 1.29 is 4.79 Å². The van der Waals surface area contributed by atoms with Gasteiger partial charge in [0.2, 0.25) is 0 Å². The lowest BCUT2D eigenvalue weighted by molar-refractivity contribution is 0.0972. The van der Waals surface area contributed by atoms with Crippen molar-refractivity contribution in [3.05, 3.63) is 40.3 Å². The van der Waals surface area contributed by atoms with Gasteiger partial charge < -0.3 is 0 Å². The Kier molecular flexibility index (Phi) is 5.86. The lowest BCUT2D eigenvalue weighted by Crippen LogP contribution is -2.32. The highest BCUT2D eigenvalue weighted by Crippen LogP contribution is 2.15. The number of amidine groups is 1. The molecule has 0 fully saturated rings. The van der Waals surface area contributed by atoms with E-state index in [0.29, 0.717) is 29.0 Å². The number of aryl methyl sites for hydroxylation is 1. The van der Waals surface area contributed by atoms with Gasteiger partial charge in [-0.15, -0.1) is 0 Å². The molecular formula is C18H22N4O2S. The zero-order valence-electron chi connectivity index (χ0n) is 14.3. The van der Waals surface area contributed by atoms with Gasteiger partial charge in [0.25, 0.3) is 11.5 Å². The summed E-state index contributed by atoms with van der Waals surface area (Å²) in [7, 11) is 0. The lowest BCUT2D eigenvalue weighted by Gasteiger charge is -2.11. The molecule has 0 aliphatic carbocycles. The van der Waals surface area contributed by atoms with Gasteiger partial charge in [0.05, 0.1) is 11.9 Å². The predicted octanol–water partition coefficient (Wildman–Crippen LogP) is 2.81. The van der Waals surface area contributed by atoms with Gasteiger partial charge >= 0.3 is 0 Å². The average Bonchev–Trinajstić information content (AvgIpc) is 3.13. The molecule has 1 N–H and O–H groups in total. The highest BCUT2D eigenvalue weighted by molar-refractivity contribution is 8.14. The first-order chi connectivity index (χ1) is 12.2. The number of amides is 1. The second-order valence-corrected chi connectivity index (χ2v) is 7.06. The normalized spacial score (nSPS) is 13.9. The van der Waals surface area contributed by atoms with Crippen molar-refractivity contribution in [2.45, 2.75) is 39.2 Å². The summed E-state index contributed by atoms with van der Waals surface area (Å²) in [5, 5.41) is 8.91. The van der Waals surface area contributed by atoms with Crippen molar-refractivity contribution in [2.24, 2.45) is 4.99 Å². The third-order valence-corrected chi connectivity index (χ3v) is 5.00. The standard InChI is InChI=1S/C18H22N4O2S/c1-2-3-4-7-11-22-17(24)14-9-6-5-8-13(14)15(21-22)16(23)20-18-19-10-12-25-18/h5-6,8-9H,2-4,7,10-12H2,1H3,(H,19,20,23).